The highest BCUT2D eigenvalue weighted by molar-refractivity contribution is 5.99. The number of aromatic nitrogens is 1. The molecule has 0 bridgehead atoms. The predicted octanol–water partition coefficient (Wildman–Crippen LogP) is 3.60. The summed E-state index contributed by atoms with van der Waals surface area (Å²) in [6, 6.07) is 10.2. The molecule has 3 heteroatoms. The number of amides is 1. The minimum absolute atomic E-state index is 0.0619. The van der Waals surface area contributed by atoms with Crippen LogP contribution in [0.5, 0.6) is 0 Å². The van der Waals surface area contributed by atoms with Gasteiger partial charge in [-0.05, 0) is 59.7 Å². The van der Waals surface area contributed by atoms with Crippen LogP contribution >= 0.6 is 0 Å². The van der Waals surface area contributed by atoms with Crippen LogP contribution in [0.15, 0.2) is 48.3 Å². The van der Waals surface area contributed by atoms with Gasteiger partial charge < -0.3 is 5.32 Å². The molecule has 0 spiro atoms. The van der Waals surface area contributed by atoms with Crippen molar-refractivity contribution >= 4 is 12.0 Å². The van der Waals surface area contributed by atoms with Crippen LogP contribution in [0.1, 0.15) is 24.5 Å². The van der Waals surface area contributed by atoms with Crippen molar-refractivity contribution in [3.8, 4) is 11.1 Å². The molecule has 0 radical (unpaired) electrons. The molecular formula is C19H20N2O. The number of hydrogen-bond donors (Lipinski definition) is 1. The molecule has 2 aromatic rings. The summed E-state index contributed by atoms with van der Waals surface area (Å²) in [7, 11) is 0. The van der Waals surface area contributed by atoms with E-state index in [1.807, 2.05) is 24.3 Å². The summed E-state index contributed by atoms with van der Waals surface area (Å²) < 4.78 is 0. The van der Waals surface area contributed by atoms with Crippen LogP contribution in [0.2, 0.25) is 0 Å². The van der Waals surface area contributed by atoms with E-state index in [2.05, 4.69) is 36.3 Å². The maximum atomic E-state index is 12.0. The molecule has 1 aliphatic heterocycles. The van der Waals surface area contributed by atoms with Crippen LogP contribution in [-0.2, 0) is 4.79 Å². The van der Waals surface area contributed by atoms with E-state index in [0.29, 0.717) is 5.92 Å². The van der Waals surface area contributed by atoms with Gasteiger partial charge in [0, 0.05) is 24.5 Å². The van der Waals surface area contributed by atoms with E-state index in [0.717, 1.165) is 29.7 Å². The quantitative estimate of drug-likeness (QED) is 0.859. The second-order valence-corrected chi connectivity index (χ2v) is 5.94. The molecule has 22 heavy (non-hydrogen) atoms. The van der Waals surface area contributed by atoms with Crippen molar-refractivity contribution < 1.29 is 4.79 Å². The van der Waals surface area contributed by atoms with E-state index in [4.69, 9.17) is 0 Å². The number of pyridine rings is 1. The van der Waals surface area contributed by atoms with Crippen LogP contribution < -0.4 is 5.32 Å². The first kappa shape index (κ1) is 14.5. The normalized spacial score (nSPS) is 20.0. The van der Waals surface area contributed by atoms with Crippen molar-refractivity contribution in [3.05, 3.63) is 59.4 Å². The fourth-order valence-electron chi connectivity index (χ4n) is 2.89. The molecule has 1 fully saturated rings. The maximum Gasteiger partial charge on any atom is 0.247 e. The standard InChI is InChI=1S/C19H20N2O/c1-13-10-17(19(22)21-12-13)11-16-4-3-5-18(14(16)2)15-6-8-20-9-7-15/h3-9,11,13H,10,12H2,1-2H3,(H,21,22)/b17-11+/t13-/m0/s1. The predicted molar refractivity (Wildman–Crippen MR) is 89.2 cm³/mol. The van der Waals surface area contributed by atoms with E-state index in [1.54, 1.807) is 12.4 Å². The minimum Gasteiger partial charge on any atom is -0.352 e. The van der Waals surface area contributed by atoms with Gasteiger partial charge in [0.1, 0.15) is 0 Å². The number of rotatable bonds is 2. The zero-order chi connectivity index (χ0) is 15.5. The fraction of sp³-hybridized carbons (Fsp3) is 0.263. The van der Waals surface area contributed by atoms with Gasteiger partial charge in [0.2, 0.25) is 5.91 Å². The third kappa shape index (κ3) is 2.93. The second kappa shape index (κ2) is 6.14. The number of nitrogens with zero attached hydrogens (tertiary/aromatic N) is 1. The molecule has 1 amide bonds. The third-order valence-corrected chi connectivity index (χ3v) is 4.17. The SMILES string of the molecule is Cc1c(/C=C2\C[C@H](C)CNC2=O)cccc1-c1ccncc1. The largest absolute Gasteiger partial charge is 0.352 e. The number of piperidine rings is 1. The Labute approximate surface area is 131 Å². The van der Waals surface area contributed by atoms with Crippen LogP contribution in [0.3, 0.4) is 0 Å². The Morgan fingerprint density at radius 2 is 2.00 bits per heavy atom. The third-order valence-electron chi connectivity index (χ3n) is 4.17. The molecule has 1 N–H and O–H groups in total. The van der Waals surface area contributed by atoms with Gasteiger partial charge in [-0.2, -0.15) is 0 Å². The second-order valence-electron chi connectivity index (χ2n) is 5.94. The zero-order valence-corrected chi connectivity index (χ0v) is 13.0. The Balaban J connectivity index is 2.00. The Morgan fingerprint density at radius 1 is 1.23 bits per heavy atom. The Hall–Kier alpha value is -2.42. The molecule has 3 nitrogen and oxygen atoms in total. The van der Waals surface area contributed by atoms with Gasteiger partial charge in [-0.1, -0.05) is 25.1 Å². The van der Waals surface area contributed by atoms with Crippen molar-refractivity contribution in [2.45, 2.75) is 20.3 Å². The monoisotopic (exact) mass is 292 g/mol. The summed E-state index contributed by atoms with van der Waals surface area (Å²) in [5, 5.41) is 2.95. The van der Waals surface area contributed by atoms with E-state index in [9.17, 15) is 4.79 Å². The minimum atomic E-state index is 0.0619. The Kier molecular flexibility index (Phi) is 4.05. The zero-order valence-electron chi connectivity index (χ0n) is 13.0. The molecule has 1 saturated heterocycles. The van der Waals surface area contributed by atoms with E-state index in [-0.39, 0.29) is 5.91 Å². The lowest BCUT2D eigenvalue weighted by Gasteiger charge is -2.21. The topological polar surface area (TPSA) is 42.0 Å². The highest BCUT2D eigenvalue weighted by atomic mass is 16.1. The average molecular weight is 292 g/mol. The lowest BCUT2D eigenvalue weighted by molar-refractivity contribution is -0.118. The smallest absolute Gasteiger partial charge is 0.247 e. The van der Waals surface area contributed by atoms with Crippen LogP contribution in [-0.4, -0.2) is 17.4 Å². The molecule has 112 valence electrons. The van der Waals surface area contributed by atoms with E-state index in [1.165, 1.54) is 11.1 Å². The first-order valence-corrected chi connectivity index (χ1v) is 7.64. The molecule has 0 saturated carbocycles. The average Bonchev–Trinajstić information content (AvgIpc) is 2.54. The summed E-state index contributed by atoms with van der Waals surface area (Å²) in [5.74, 6) is 0.555. The molecule has 3 rings (SSSR count). The first-order valence-electron chi connectivity index (χ1n) is 7.64. The number of benzene rings is 1. The van der Waals surface area contributed by atoms with Gasteiger partial charge in [0.15, 0.2) is 0 Å². The van der Waals surface area contributed by atoms with Crippen LogP contribution in [0, 0.1) is 12.8 Å². The Bertz CT molecular complexity index is 719. The van der Waals surface area contributed by atoms with Crippen molar-refractivity contribution in [2.75, 3.05) is 6.54 Å². The lowest BCUT2D eigenvalue weighted by Crippen LogP contribution is -2.35. The van der Waals surface area contributed by atoms with Crippen molar-refractivity contribution in [2.24, 2.45) is 5.92 Å². The first-order chi connectivity index (χ1) is 10.6. The van der Waals surface area contributed by atoms with Gasteiger partial charge in [0.05, 0.1) is 0 Å². The summed E-state index contributed by atoms with van der Waals surface area (Å²) in [6.07, 6.45) is 6.47. The highest BCUT2D eigenvalue weighted by Crippen LogP contribution is 2.28. The van der Waals surface area contributed by atoms with Gasteiger partial charge in [0.25, 0.3) is 0 Å². The van der Waals surface area contributed by atoms with Crippen molar-refractivity contribution in [1.82, 2.24) is 10.3 Å². The molecule has 1 atom stereocenters. The van der Waals surface area contributed by atoms with Crippen molar-refractivity contribution in [3.63, 3.8) is 0 Å². The van der Waals surface area contributed by atoms with Crippen LogP contribution in [0.4, 0.5) is 0 Å². The summed E-state index contributed by atoms with van der Waals surface area (Å²) in [5.41, 5.74) is 5.49. The van der Waals surface area contributed by atoms with Gasteiger partial charge in [-0.15, -0.1) is 0 Å². The number of nitrogens with one attached hydrogen (secondary N) is 1. The molecule has 0 unspecified atom stereocenters. The van der Waals surface area contributed by atoms with Gasteiger partial charge in [-0.25, -0.2) is 0 Å². The summed E-state index contributed by atoms with van der Waals surface area (Å²) in [6.45, 7) is 5.03. The van der Waals surface area contributed by atoms with E-state index < -0.39 is 0 Å². The molecule has 0 aliphatic carbocycles. The number of hydrogen-bond acceptors (Lipinski definition) is 2. The molecule has 1 aliphatic rings. The number of carbonyl (C=O) groups excluding carboxylic acids is 1. The molecule has 1 aromatic carbocycles. The fourth-order valence-corrected chi connectivity index (χ4v) is 2.89. The molecule has 2 heterocycles. The van der Waals surface area contributed by atoms with Crippen LogP contribution in [0.25, 0.3) is 17.2 Å². The van der Waals surface area contributed by atoms with Crippen molar-refractivity contribution in [1.29, 1.82) is 0 Å². The highest BCUT2D eigenvalue weighted by Gasteiger charge is 2.19. The molecular weight excluding hydrogens is 272 g/mol. The molecule has 1 aromatic heterocycles. The lowest BCUT2D eigenvalue weighted by atomic mass is 9.92. The van der Waals surface area contributed by atoms with E-state index >= 15 is 0 Å². The summed E-state index contributed by atoms with van der Waals surface area (Å²) >= 11 is 0. The summed E-state index contributed by atoms with van der Waals surface area (Å²) in [4.78, 5) is 16.1. The Morgan fingerprint density at radius 3 is 2.77 bits per heavy atom. The number of carbonyl (C=O) groups is 1. The van der Waals surface area contributed by atoms with Gasteiger partial charge in [-0.3, -0.25) is 9.78 Å². The van der Waals surface area contributed by atoms with Gasteiger partial charge >= 0.3 is 0 Å². The maximum absolute atomic E-state index is 12.0.